The lowest BCUT2D eigenvalue weighted by atomic mass is 10.1. The first kappa shape index (κ1) is 16.1. The van der Waals surface area contributed by atoms with E-state index in [1.54, 1.807) is 0 Å². The fourth-order valence-corrected chi connectivity index (χ4v) is 3.15. The maximum atomic E-state index is 5.54. The van der Waals surface area contributed by atoms with Gasteiger partial charge in [-0.1, -0.05) is 19.1 Å². The zero-order valence-corrected chi connectivity index (χ0v) is 14.3. The Hall–Kier alpha value is -1.81. The molecule has 2 aromatic rings. The second kappa shape index (κ2) is 7.64. The van der Waals surface area contributed by atoms with E-state index in [2.05, 4.69) is 41.2 Å². The van der Waals surface area contributed by atoms with E-state index >= 15 is 0 Å². The van der Waals surface area contributed by atoms with Crippen LogP contribution in [0.25, 0.3) is 5.69 Å². The van der Waals surface area contributed by atoms with Gasteiger partial charge in [0.1, 0.15) is 5.82 Å². The van der Waals surface area contributed by atoms with Gasteiger partial charge >= 0.3 is 0 Å². The van der Waals surface area contributed by atoms with E-state index in [9.17, 15) is 0 Å². The zero-order chi connectivity index (χ0) is 16.1. The van der Waals surface area contributed by atoms with Crippen LogP contribution < -0.4 is 5.32 Å². The average molecular weight is 313 g/mol. The summed E-state index contributed by atoms with van der Waals surface area (Å²) < 4.78 is 7.62. The summed E-state index contributed by atoms with van der Waals surface area (Å²) in [6, 6.07) is 8.73. The third-order valence-electron chi connectivity index (χ3n) is 4.49. The molecule has 4 nitrogen and oxygen atoms in total. The summed E-state index contributed by atoms with van der Waals surface area (Å²) in [4.78, 5) is 0. The van der Waals surface area contributed by atoms with Gasteiger partial charge in [0, 0.05) is 25.1 Å². The van der Waals surface area contributed by atoms with E-state index in [0.29, 0.717) is 0 Å². The molecule has 124 valence electrons. The van der Waals surface area contributed by atoms with E-state index in [0.717, 1.165) is 44.7 Å². The predicted octanol–water partition coefficient (Wildman–Crippen LogP) is 3.76. The Bertz CT molecular complexity index is 631. The standard InChI is InChI=1S/C19H27N3O/c1-3-15-8-10-16(11-9-15)22-19-17(7-5-6-13-20-19)18(21-22)12-14-23-4-2/h8-11,20H,3-7,12-14H2,1-2H3. The number of rotatable bonds is 6. The van der Waals surface area contributed by atoms with Crippen molar-refractivity contribution >= 4 is 5.82 Å². The monoisotopic (exact) mass is 313 g/mol. The summed E-state index contributed by atoms with van der Waals surface area (Å²) >= 11 is 0. The number of anilines is 1. The van der Waals surface area contributed by atoms with Crippen molar-refractivity contribution in [2.75, 3.05) is 25.1 Å². The number of benzene rings is 1. The minimum absolute atomic E-state index is 0.745. The Morgan fingerprint density at radius 2 is 2.00 bits per heavy atom. The molecule has 3 rings (SSSR count). The second-order valence-corrected chi connectivity index (χ2v) is 6.04. The van der Waals surface area contributed by atoms with Crippen LogP contribution in [0.4, 0.5) is 5.82 Å². The molecule has 1 aromatic heterocycles. The number of hydrogen-bond acceptors (Lipinski definition) is 3. The van der Waals surface area contributed by atoms with Crippen LogP contribution in [0.15, 0.2) is 24.3 Å². The zero-order valence-electron chi connectivity index (χ0n) is 14.3. The predicted molar refractivity (Wildman–Crippen MR) is 94.6 cm³/mol. The Kier molecular flexibility index (Phi) is 5.34. The first-order chi connectivity index (χ1) is 11.3. The molecule has 1 aromatic carbocycles. The molecule has 23 heavy (non-hydrogen) atoms. The number of aromatic nitrogens is 2. The highest BCUT2D eigenvalue weighted by Gasteiger charge is 2.20. The van der Waals surface area contributed by atoms with Crippen molar-refractivity contribution in [2.24, 2.45) is 0 Å². The molecule has 0 spiro atoms. The highest BCUT2D eigenvalue weighted by molar-refractivity contribution is 5.54. The molecule has 0 saturated heterocycles. The van der Waals surface area contributed by atoms with E-state index in [1.165, 1.54) is 35.5 Å². The molecular weight excluding hydrogens is 286 g/mol. The van der Waals surface area contributed by atoms with Crippen LogP contribution in [0.2, 0.25) is 0 Å². The number of aryl methyl sites for hydroxylation is 1. The molecule has 1 N–H and O–H groups in total. The molecule has 1 aliphatic heterocycles. The van der Waals surface area contributed by atoms with Gasteiger partial charge in [0.2, 0.25) is 0 Å². The summed E-state index contributed by atoms with van der Waals surface area (Å²) in [5.74, 6) is 1.18. The third-order valence-corrected chi connectivity index (χ3v) is 4.49. The van der Waals surface area contributed by atoms with Gasteiger partial charge in [0.05, 0.1) is 18.0 Å². The quantitative estimate of drug-likeness (QED) is 0.825. The minimum Gasteiger partial charge on any atom is -0.381 e. The molecule has 0 bridgehead atoms. The van der Waals surface area contributed by atoms with Crippen LogP contribution in [0.3, 0.4) is 0 Å². The van der Waals surface area contributed by atoms with Crippen LogP contribution in [-0.4, -0.2) is 29.5 Å². The van der Waals surface area contributed by atoms with Crippen molar-refractivity contribution in [3.05, 3.63) is 41.1 Å². The normalized spacial score (nSPS) is 14.2. The van der Waals surface area contributed by atoms with Gasteiger partial charge in [0.25, 0.3) is 0 Å². The van der Waals surface area contributed by atoms with Gasteiger partial charge in [0.15, 0.2) is 0 Å². The second-order valence-electron chi connectivity index (χ2n) is 6.04. The maximum Gasteiger partial charge on any atom is 0.133 e. The van der Waals surface area contributed by atoms with Gasteiger partial charge in [-0.15, -0.1) is 0 Å². The van der Waals surface area contributed by atoms with Crippen LogP contribution in [0.5, 0.6) is 0 Å². The van der Waals surface area contributed by atoms with Gasteiger partial charge in [-0.05, 0) is 50.3 Å². The van der Waals surface area contributed by atoms with Crippen molar-refractivity contribution in [1.82, 2.24) is 9.78 Å². The lowest BCUT2D eigenvalue weighted by molar-refractivity contribution is 0.150. The summed E-state index contributed by atoms with van der Waals surface area (Å²) in [5, 5.41) is 8.50. The summed E-state index contributed by atoms with van der Waals surface area (Å²) in [7, 11) is 0. The van der Waals surface area contributed by atoms with Gasteiger partial charge in [-0.2, -0.15) is 5.10 Å². The Morgan fingerprint density at radius 1 is 1.17 bits per heavy atom. The third kappa shape index (κ3) is 3.58. The SMILES string of the molecule is CCOCCc1nn(-c2ccc(CC)cc2)c2c1CCCCN2. The first-order valence-electron chi connectivity index (χ1n) is 8.85. The van der Waals surface area contributed by atoms with Crippen molar-refractivity contribution in [3.8, 4) is 5.69 Å². The first-order valence-corrected chi connectivity index (χ1v) is 8.85. The molecule has 0 aliphatic carbocycles. The Balaban J connectivity index is 1.94. The molecule has 0 fully saturated rings. The van der Waals surface area contributed by atoms with Gasteiger partial charge in [-0.25, -0.2) is 4.68 Å². The average Bonchev–Trinajstić information content (AvgIpc) is 2.77. The molecule has 1 aliphatic rings. The molecule has 0 unspecified atom stereocenters. The minimum atomic E-state index is 0.745. The van der Waals surface area contributed by atoms with Crippen LogP contribution in [0, 0.1) is 0 Å². The molecule has 0 atom stereocenters. The van der Waals surface area contributed by atoms with E-state index in [4.69, 9.17) is 9.84 Å². The molecule has 0 amide bonds. The largest absolute Gasteiger partial charge is 0.381 e. The van der Waals surface area contributed by atoms with Gasteiger partial charge in [-0.3, -0.25) is 0 Å². The van der Waals surface area contributed by atoms with E-state index in [-0.39, 0.29) is 0 Å². The maximum absolute atomic E-state index is 5.54. The van der Waals surface area contributed by atoms with Crippen LogP contribution >= 0.6 is 0 Å². The highest BCUT2D eigenvalue weighted by Crippen LogP contribution is 2.28. The molecule has 2 heterocycles. The van der Waals surface area contributed by atoms with Crippen molar-refractivity contribution in [2.45, 2.75) is 46.0 Å². The number of ether oxygens (including phenoxy) is 1. The van der Waals surface area contributed by atoms with Crippen molar-refractivity contribution in [1.29, 1.82) is 0 Å². The number of fused-ring (bicyclic) bond motifs is 1. The summed E-state index contributed by atoms with van der Waals surface area (Å²) in [6.45, 7) is 6.75. The molecular formula is C19H27N3O. The lowest BCUT2D eigenvalue weighted by Crippen LogP contribution is -2.07. The topological polar surface area (TPSA) is 39.1 Å². The summed E-state index contributed by atoms with van der Waals surface area (Å²) in [5.41, 5.74) is 5.05. The Labute approximate surface area is 138 Å². The van der Waals surface area contributed by atoms with E-state index < -0.39 is 0 Å². The highest BCUT2D eigenvalue weighted by atomic mass is 16.5. The number of nitrogens with zero attached hydrogens (tertiary/aromatic N) is 2. The number of hydrogen-bond donors (Lipinski definition) is 1. The fraction of sp³-hybridized carbons (Fsp3) is 0.526. The summed E-state index contributed by atoms with van der Waals surface area (Å²) in [6.07, 6.45) is 5.50. The molecule has 0 saturated carbocycles. The van der Waals surface area contributed by atoms with Crippen LogP contribution in [0.1, 0.15) is 43.5 Å². The van der Waals surface area contributed by atoms with Crippen molar-refractivity contribution in [3.63, 3.8) is 0 Å². The fourth-order valence-electron chi connectivity index (χ4n) is 3.15. The van der Waals surface area contributed by atoms with Crippen molar-refractivity contribution < 1.29 is 4.74 Å². The lowest BCUT2D eigenvalue weighted by Gasteiger charge is -2.09. The molecule has 4 heteroatoms. The van der Waals surface area contributed by atoms with Gasteiger partial charge < -0.3 is 10.1 Å². The number of nitrogens with one attached hydrogen (secondary N) is 1. The van der Waals surface area contributed by atoms with E-state index in [1.807, 2.05) is 6.92 Å². The van der Waals surface area contributed by atoms with Crippen LogP contribution in [-0.2, 0) is 24.0 Å². The Morgan fingerprint density at radius 3 is 2.74 bits per heavy atom. The smallest absolute Gasteiger partial charge is 0.133 e. The molecule has 0 radical (unpaired) electrons.